The molecule has 1 amide bonds. The lowest BCUT2D eigenvalue weighted by molar-refractivity contribution is 0.0965. The SMILES string of the molecule is COc1cccc(COC(=O)Nc2ccnc(Nc3ccc(OCCN4CCN(C(C)C)CC4)c(F)c3)n2)c1. The quantitative estimate of drug-likeness (QED) is 0.365. The number of methoxy groups -OCH3 is 1. The minimum absolute atomic E-state index is 0.0711. The molecule has 1 fully saturated rings. The normalized spacial score (nSPS) is 14.2. The maximum absolute atomic E-state index is 14.7. The van der Waals surface area contributed by atoms with Crippen LogP contribution in [0.1, 0.15) is 19.4 Å². The minimum atomic E-state index is -0.670. The number of benzene rings is 2. The van der Waals surface area contributed by atoms with Gasteiger partial charge in [0.05, 0.1) is 7.11 Å². The Hall–Kier alpha value is -3.96. The summed E-state index contributed by atoms with van der Waals surface area (Å²) in [4.78, 5) is 25.4. The predicted octanol–water partition coefficient (Wildman–Crippen LogP) is 4.52. The largest absolute Gasteiger partial charge is 0.497 e. The average molecular weight is 539 g/mol. The van der Waals surface area contributed by atoms with Gasteiger partial charge in [-0.25, -0.2) is 14.2 Å². The van der Waals surface area contributed by atoms with Crippen molar-refractivity contribution in [2.45, 2.75) is 26.5 Å². The number of nitrogens with zero attached hydrogens (tertiary/aromatic N) is 4. The van der Waals surface area contributed by atoms with Gasteiger partial charge in [-0.15, -0.1) is 0 Å². The lowest BCUT2D eigenvalue weighted by Gasteiger charge is -2.36. The monoisotopic (exact) mass is 538 g/mol. The fraction of sp³-hybridized carbons (Fsp3) is 0.393. The Kier molecular flexibility index (Phi) is 9.87. The van der Waals surface area contributed by atoms with Crippen LogP contribution in [-0.2, 0) is 11.3 Å². The van der Waals surface area contributed by atoms with E-state index in [9.17, 15) is 9.18 Å². The molecule has 11 heteroatoms. The summed E-state index contributed by atoms with van der Waals surface area (Å²) >= 11 is 0. The summed E-state index contributed by atoms with van der Waals surface area (Å²) in [6, 6.07) is 13.9. The molecule has 2 N–H and O–H groups in total. The summed E-state index contributed by atoms with van der Waals surface area (Å²) in [7, 11) is 1.57. The molecule has 1 aliphatic rings. The van der Waals surface area contributed by atoms with Crippen LogP contribution >= 0.6 is 0 Å². The van der Waals surface area contributed by atoms with Gasteiger partial charge in [0.1, 0.15) is 24.8 Å². The Balaban J connectivity index is 1.23. The highest BCUT2D eigenvalue weighted by atomic mass is 19.1. The number of hydrogen-bond acceptors (Lipinski definition) is 9. The van der Waals surface area contributed by atoms with E-state index in [-0.39, 0.29) is 24.1 Å². The summed E-state index contributed by atoms with van der Waals surface area (Å²) in [6.45, 7) is 9.70. The predicted molar refractivity (Wildman–Crippen MR) is 147 cm³/mol. The molecule has 1 aliphatic heterocycles. The summed E-state index contributed by atoms with van der Waals surface area (Å²) < 4.78 is 30.8. The molecular weight excluding hydrogens is 503 g/mol. The van der Waals surface area contributed by atoms with Crippen LogP contribution in [0.2, 0.25) is 0 Å². The summed E-state index contributed by atoms with van der Waals surface area (Å²) in [5.41, 5.74) is 1.23. The molecular formula is C28H35FN6O4. The van der Waals surface area contributed by atoms with Crippen molar-refractivity contribution in [3.8, 4) is 11.5 Å². The topological polar surface area (TPSA) is 101 Å². The molecule has 208 valence electrons. The number of aromatic nitrogens is 2. The van der Waals surface area contributed by atoms with Crippen LogP contribution < -0.4 is 20.1 Å². The van der Waals surface area contributed by atoms with E-state index in [0.717, 1.165) is 38.3 Å². The molecule has 0 spiro atoms. The first kappa shape index (κ1) is 28.1. The number of anilines is 3. The lowest BCUT2D eigenvalue weighted by atomic mass is 10.2. The molecule has 2 heterocycles. The van der Waals surface area contributed by atoms with Crippen molar-refractivity contribution >= 4 is 23.5 Å². The molecule has 1 saturated heterocycles. The van der Waals surface area contributed by atoms with Gasteiger partial charge in [-0.2, -0.15) is 4.98 Å². The summed E-state index contributed by atoms with van der Waals surface area (Å²) in [6.07, 6.45) is 0.804. The third-order valence-electron chi connectivity index (χ3n) is 6.38. The van der Waals surface area contributed by atoms with Gasteiger partial charge in [0.15, 0.2) is 11.6 Å². The molecule has 3 aromatic rings. The molecule has 1 aromatic heterocycles. The van der Waals surface area contributed by atoms with Gasteiger partial charge < -0.3 is 19.5 Å². The second-order valence-corrected chi connectivity index (χ2v) is 9.41. The van der Waals surface area contributed by atoms with Crippen molar-refractivity contribution in [3.05, 3.63) is 66.1 Å². The van der Waals surface area contributed by atoms with Crippen molar-refractivity contribution in [1.29, 1.82) is 0 Å². The van der Waals surface area contributed by atoms with E-state index in [1.54, 1.807) is 25.3 Å². The van der Waals surface area contributed by atoms with Crippen molar-refractivity contribution < 1.29 is 23.4 Å². The number of nitrogens with one attached hydrogen (secondary N) is 2. The highest BCUT2D eigenvalue weighted by Crippen LogP contribution is 2.23. The number of ether oxygens (including phenoxy) is 3. The number of carbonyl (C=O) groups is 1. The van der Waals surface area contributed by atoms with Crippen LogP contribution in [0.4, 0.5) is 26.6 Å². The Morgan fingerprint density at radius 3 is 2.67 bits per heavy atom. The fourth-order valence-corrected chi connectivity index (χ4v) is 4.15. The van der Waals surface area contributed by atoms with Gasteiger partial charge in [0, 0.05) is 56.7 Å². The first-order valence-corrected chi connectivity index (χ1v) is 12.9. The van der Waals surface area contributed by atoms with Crippen LogP contribution in [0.5, 0.6) is 11.5 Å². The van der Waals surface area contributed by atoms with Gasteiger partial charge in [-0.1, -0.05) is 12.1 Å². The first-order valence-electron chi connectivity index (χ1n) is 12.9. The van der Waals surface area contributed by atoms with Crippen LogP contribution in [0.15, 0.2) is 54.7 Å². The maximum Gasteiger partial charge on any atom is 0.413 e. The van der Waals surface area contributed by atoms with Gasteiger partial charge in [-0.05, 0) is 49.7 Å². The minimum Gasteiger partial charge on any atom is -0.497 e. The Morgan fingerprint density at radius 1 is 1.10 bits per heavy atom. The molecule has 0 radical (unpaired) electrons. The Morgan fingerprint density at radius 2 is 1.92 bits per heavy atom. The molecule has 0 bridgehead atoms. The molecule has 0 unspecified atom stereocenters. The number of amides is 1. The van der Waals surface area contributed by atoms with Crippen LogP contribution in [0.25, 0.3) is 0 Å². The maximum atomic E-state index is 14.7. The van der Waals surface area contributed by atoms with Crippen LogP contribution in [0, 0.1) is 5.82 Å². The molecule has 0 atom stereocenters. The molecule has 10 nitrogen and oxygen atoms in total. The van der Waals surface area contributed by atoms with Crippen molar-refractivity contribution in [2.24, 2.45) is 0 Å². The lowest BCUT2D eigenvalue weighted by Crippen LogP contribution is -2.49. The van der Waals surface area contributed by atoms with E-state index in [1.165, 1.54) is 18.3 Å². The molecule has 2 aromatic carbocycles. The second kappa shape index (κ2) is 13.7. The van der Waals surface area contributed by atoms with Crippen molar-refractivity contribution in [1.82, 2.24) is 19.8 Å². The van der Waals surface area contributed by atoms with Gasteiger partial charge in [0.25, 0.3) is 0 Å². The van der Waals surface area contributed by atoms with E-state index in [1.807, 2.05) is 18.2 Å². The van der Waals surface area contributed by atoms with Gasteiger partial charge >= 0.3 is 6.09 Å². The number of rotatable bonds is 11. The van der Waals surface area contributed by atoms with E-state index in [4.69, 9.17) is 14.2 Å². The summed E-state index contributed by atoms with van der Waals surface area (Å²) in [5.74, 6) is 0.804. The van der Waals surface area contributed by atoms with Crippen molar-refractivity contribution in [3.63, 3.8) is 0 Å². The highest BCUT2D eigenvalue weighted by Gasteiger charge is 2.18. The number of hydrogen-bond donors (Lipinski definition) is 2. The second-order valence-electron chi connectivity index (χ2n) is 9.41. The Bertz CT molecular complexity index is 1240. The Labute approximate surface area is 228 Å². The number of piperazine rings is 1. The molecule has 0 aliphatic carbocycles. The number of halogens is 1. The van der Waals surface area contributed by atoms with Crippen molar-refractivity contribution in [2.75, 3.05) is 57.1 Å². The average Bonchev–Trinajstić information content (AvgIpc) is 2.94. The standard InChI is InChI=1S/C28H35FN6O4/c1-20(2)35-13-11-34(12-14-35)15-16-38-25-8-7-22(18-24(25)29)31-27-30-10-9-26(32-27)33-28(36)39-19-21-5-4-6-23(17-21)37-3/h4-10,17-18,20H,11-16,19H2,1-3H3,(H2,30,31,32,33,36). The molecule has 39 heavy (non-hydrogen) atoms. The van der Waals surface area contributed by atoms with Crippen LogP contribution in [0.3, 0.4) is 0 Å². The smallest absolute Gasteiger partial charge is 0.413 e. The van der Waals surface area contributed by atoms with E-state index in [2.05, 4.69) is 44.2 Å². The van der Waals surface area contributed by atoms with Crippen LogP contribution in [-0.4, -0.2) is 78.3 Å². The fourth-order valence-electron chi connectivity index (χ4n) is 4.15. The third-order valence-corrected chi connectivity index (χ3v) is 6.38. The van der Waals surface area contributed by atoms with E-state index < -0.39 is 11.9 Å². The molecule has 0 saturated carbocycles. The van der Waals surface area contributed by atoms with Gasteiger partial charge in [-0.3, -0.25) is 15.1 Å². The number of carbonyl (C=O) groups excluding carboxylic acids is 1. The van der Waals surface area contributed by atoms with Gasteiger partial charge in [0.2, 0.25) is 5.95 Å². The zero-order chi connectivity index (χ0) is 27.6. The zero-order valence-electron chi connectivity index (χ0n) is 22.5. The highest BCUT2D eigenvalue weighted by molar-refractivity contribution is 5.83. The summed E-state index contributed by atoms with van der Waals surface area (Å²) in [5, 5.41) is 5.50. The molecule has 4 rings (SSSR count). The first-order chi connectivity index (χ1) is 18.9. The van der Waals surface area contributed by atoms with E-state index in [0.29, 0.717) is 24.1 Å². The third kappa shape index (κ3) is 8.52. The van der Waals surface area contributed by atoms with E-state index >= 15 is 0 Å². The zero-order valence-corrected chi connectivity index (χ0v) is 22.5.